The van der Waals surface area contributed by atoms with Crippen LogP contribution in [0.25, 0.3) is 0 Å². The van der Waals surface area contributed by atoms with Gasteiger partial charge in [-0.25, -0.2) is 4.79 Å². The SMILES string of the molecule is Cc1ccc(Nc2ccc(OC(C)(C)C)cc2C)c(C(=O)O)c1. The third-order valence-corrected chi connectivity index (χ3v) is 3.30. The number of hydrogen-bond donors (Lipinski definition) is 2. The fraction of sp³-hybridized carbons (Fsp3) is 0.316. The molecule has 0 atom stereocenters. The summed E-state index contributed by atoms with van der Waals surface area (Å²) in [6.07, 6.45) is 0. The third-order valence-electron chi connectivity index (χ3n) is 3.30. The van der Waals surface area contributed by atoms with Gasteiger partial charge in [0.1, 0.15) is 11.4 Å². The smallest absolute Gasteiger partial charge is 0.337 e. The number of ether oxygens (including phenoxy) is 1. The topological polar surface area (TPSA) is 58.6 Å². The molecule has 0 aliphatic carbocycles. The Morgan fingerprint density at radius 3 is 2.26 bits per heavy atom. The van der Waals surface area contributed by atoms with Gasteiger partial charge in [-0.3, -0.25) is 0 Å². The summed E-state index contributed by atoms with van der Waals surface area (Å²) < 4.78 is 5.84. The number of hydrogen-bond acceptors (Lipinski definition) is 3. The van der Waals surface area contributed by atoms with E-state index in [1.54, 1.807) is 12.1 Å². The van der Waals surface area contributed by atoms with Crippen molar-refractivity contribution in [2.24, 2.45) is 0 Å². The Morgan fingerprint density at radius 2 is 1.70 bits per heavy atom. The van der Waals surface area contributed by atoms with Crippen molar-refractivity contribution in [3.63, 3.8) is 0 Å². The molecule has 0 heterocycles. The van der Waals surface area contributed by atoms with E-state index in [-0.39, 0.29) is 11.2 Å². The quantitative estimate of drug-likeness (QED) is 0.841. The number of carboxylic acid groups (broad SMARTS) is 1. The summed E-state index contributed by atoms with van der Waals surface area (Å²) in [5.74, 6) is -0.149. The van der Waals surface area contributed by atoms with E-state index >= 15 is 0 Å². The van der Waals surface area contributed by atoms with E-state index in [4.69, 9.17) is 4.74 Å². The Morgan fingerprint density at radius 1 is 1.04 bits per heavy atom. The molecule has 4 heteroatoms. The number of benzene rings is 2. The zero-order valence-corrected chi connectivity index (χ0v) is 14.2. The highest BCUT2D eigenvalue weighted by Gasteiger charge is 2.14. The zero-order valence-electron chi connectivity index (χ0n) is 14.2. The number of nitrogens with one attached hydrogen (secondary N) is 1. The van der Waals surface area contributed by atoms with Crippen LogP contribution in [-0.2, 0) is 0 Å². The summed E-state index contributed by atoms with van der Waals surface area (Å²) in [7, 11) is 0. The second-order valence-electron chi connectivity index (χ2n) is 6.67. The van der Waals surface area contributed by atoms with Gasteiger partial charge >= 0.3 is 5.97 Å². The summed E-state index contributed by atoms with van der Waals surface area (Å²) in [5, 5.41) is 12.6. The molecule has 122 valence electrons. The van der Waals surface area contributed by atoms with Gasteiger partial charge in [0, 0.05) is 5.69 Å². The lowest BCUT2D eigenvalue weighted by Crippen LogP contribution is -2.22. The van der Waals surface area contributed by atoms with E-state index < -0.39 is 5.97 Å². The maximum absolute atomic E-state index is 11.4. The standard InChI is InChI=1S/C19H23NO3/c1-12-6-8-17(15(10-12)18(21)22)20-16-9-7-14(11-13(16)2)23-19(3,4)5/h6-11,20H,1-5H3,(H,21,22). The van der Waals surface area contributed by atoms with Crippen LogP contribution in [-0.4, -0.2) is 16.7 Å². The van der Waals surface area contributed by atoms with Crippen LogP contribution in [0.3, 0.4) is 0 Å². The molecule has 4 nitrogen and oxygen atoms in total. The lowest BCUT2D eigenvalue weighted by molar-refractivity contribution is 0.0698. The number of aryl methyl sites for hydroxylation is 2. The molecular weight excluding hydrogens is 290 g/mol. The van der Waals surface area contributed by atoms with Gasteiger partial charge in [-0.2, -0.15) is 0 Å². The van der Waals surface area contributed by atoms with E-state index in [9.17, 15) is 9.90 Å². The lowest BCUT2D eigenvalue weighted by Gasteiger charge is -2.22. The summed E-state index contributed by atoms with van der Waals surface area (Å²) in [5.41, 5.74) is 3.35. The first-order valence-corrected chi connectivity index (χ1v) is 7.56. The molecule has 0 aliphatic heterocycles. The molecule has 0 radical (unpaired) electrons. The average molecular weight is 313 g/mol. The van der Waals surface area contributed by atoms with Gasteiger partial charge in [0.15, 0.2) is 0 Å². The van der Waals surface area contributed by atoms with Gasteiger partial charge in [0.05, 0.1) is 11.3 Å². The van der Waals surface area contributed by atoms with E-state index in [0.29, 0.717) is 5.69 Å². The largest absolute Gasteiger partial charge is 0.488 e. The molecule has 0 spiro atoms. The Balaban J connectivity index is 2.29. The molecule has 23 heavy (non-hydrogen) atoms. The van der Waals surface area contributed by atoms with Gasteiger partial charge in [0.2, 0.25) is 0 Å². The van der Waals surface area contributed by atoms with E-state index in [2.05, 4.69) is 5.32 Å². The van der Waals surface area contributed by atoms with E-state index in [1.165, 1.54) is 0 Å². The molecule has 0 bridgehead atoms. The first kappa shape index (κ1) is 16.9. The Kier molecular flexibility index (Phi) is 4.64. The number of aromatic carboxylic acids is 1. The second-order valence-corrected chi connectivity index (χ2v) is 6.67. The van der Waals surface area contributed by atoms with Crippen LogP contribution in [0.5, 0.6) is 5.75 Å². The highest BCUT2D eigenvalue weighted by atomic mass is 16.5. The molecule has 2 N–H and O–H groups in total. The second kappa shape index (κ2) is 6.32. The average Bonchev–Trinajstić information content (AvgIpc) is 2.41. The first-order chi connectivity index (χ1) is 10.7. The molecule has 2 aromatic carbocycles. The summed E-state index contributed by atoms with van der Waals surface area (Å²) in [4.78, 5) is 11.4. The monoisotopic (exact) mass is 313 g/mol. The summed E-state index contributed by atoms with van der Waals surface area (Å²) >= 11 is 0. The van der Waals surface area contributed by atoms with Crippen LogP contribution in [0.4, 0.5) is 11.4 Å². The van der Waals surface area contributed by atoms with Crippen molar-refractivity contribution in [2.45, 2.75) is 40.2 Å². The van der Waals surface area contributed by atoms with Crippen LogP contribution in [0.15, 0.2) is 36.4 Å². The summed E-state index contributed by atoms with van der Waals surface area (Å²) in [6, 6.07) is 11.1. The fourth-order valence-corrected chi connectivity index (χ4v) is 2.28. The maximum Gasteiger partial charge on any atom is 0.337 e. The van der Waals surface area contributed by atoms with Gasteiger partial charge in [0.25, 0.3) is 0 Å². The van der Waals surface area contributed by atoms with Gasteiger partial charge in [-0.1, -0.05) is 11.6 Å². The Hall–Kier alpha value is -2.49. The third kappa shape index (κ3) is 4.49. The van der Waals surface area contributed by atoms with Crippen molar-refractivity contribution in [3.8, 4) is 5.75 Å². The van der Waals surface area contributed by atoms with Gasteiger partial charge in [-0.15, -0.1) is 0 Å². The number of anilines is 2. The van der Waals surface area contributed by atoms with Gasteiger partial charge in [-0.05, 0) is 70.5 Å². The molecule has 0 fully saturated rings. The minimum Gasteiger partial charge on any atom is -0.488 e. The Bertz CT molecular complexity index is 730. The maximum atomic E-state index is 11.4. The molecule has 0 saturated heterocycles. The molecule has 0 unspecified atom stereocenters. The molecule has 2 aromatic rings. The normalized spacial score (nSPS) is 11.2. The number of carbonyl (C=O) groups is 1. The van der Waals surface area contributed by atoms with Crippen molar-refractivity contribution in [1.29, 1.82) is 0 Å². The zero-order chi connectivity index (χ0) is 17.2. The van der Waals surface area contributed by atoms with Crippen LogP contribution in [0, 0.1) is 13.8 Å². The number of carboxylic acids is 1. The highest BCUT2D eigenvalue weighted by molar-refractivity contribution is 5.95. The summed E-state index contributed by atoms with van der Waals surface area (Å²) in [6.45, 7) is 9.84. The predicted molar refractivity (Wildman–Crippen MR) is 93.0 cm³/mol. The van der Waals surface area contributed by atoms with E-state index in [0.717, 1.165) is 22.6 Å². The van der Waals surface area contributed by atoms with Crippen molar-refractivity contribution in [1.82, 2.24) is 0 Å². The predicted octanol–water partition coefficient (Wildman–Crippen LogP) is 4.92. The van der Waals surface area contributed by atoms with Crippen LogP contribution < -0.4 is 10.1 Å². The lowest BCUT2D eigenvalue weighted by atomic mass is 10.1. The molecule has 0 aromatic heterocycles. The minimum absolute atomic E-state index is 0.255. The highest BCUT2D eigenvalue weighted by Crippen LogP contribution is 2.28. The molecule has 0 amide bonds. The molecule has 2 rings (SSSR count). The van der Waals surface area contributed by atoms with Crippen molar-refractivity contribution in [2.75, 3.05) is 5.32 Å². The van der Waals surface area contributed by atoms with Crippen LogP contribution in [0.2, 0.25) is 0 Å². The number of rotatable bonds is 4. The minimum atomic E-state index is -0.943. The van der Waals surface area contributed by atoms with Crippen molar-refractivity contribution < 1.29 is 14.6 Å². The van der Waals surface area contributed by atoms with Crippen molar-refractivity contribution >= 4 is 17.3 Å². The Labute approximate surface area is 137 Å². The first-order valence-electron chi connectivity index (χ1n) is 7.56. The molecule has 0 aliphatic rings. The van der Waals surface area contributed by atoms with Crippen LogP contribution in [0.1, 0.15) is 42.3 Å². The fourth-order valence-electron chi connectivity index (χ4n) is 2.28. The van der Waals surface area contributed by atoms with E-state index in [1.807, 2.05) is 58.9 Å². The van der Waals surface area contributed by atoms with Crippen LogP contribution >= 0.6 is 0 Å². The van der Waals surface area contributed by atoms with Crippen molar-refractivity contribution in [3.05, 3.63) is 53.1 Å². The molecular formula is C19H23NO3. The van der Waals surface area contributed by atoms with Gasteiger partial charge < -0.3 is 15.2 Å². The molecule has 0 saturated carbocycles.